The van der Waals surface area contributed by atoms with E-state index in [1.54, 1.807) is 7.11 Å². The van der Waals surface area contributed by atoms with Gasteiger partial charge in [-0.2, -0.15) is 0 Å². The summed E-state index contributed by atoms with van der Waals surface area (Å²) in [6.07, 6.45) is 0. The van der Waals surface area contributed by atoms with Crippen LogP contribution >= 0.6 is 0 Å². The summed E-state index contributed by atoms with van der Waals surface area (Å²) >= 11 is 0. The second-order valence-corrected chi connectivity index (χ2v) is 8.14. The van der Waals surface area contributed by atoms with Gasteiger partial charge in [-0.1, -0.05) is 12.1 Å². The normalized spacial score (nSPS) is 18.0. The van der Waals surface area contributed by atoms with Gasteiger partial charge in [0.1, 0.15) is 18.1 Å². The summed E-state index contributed by atoms with van der Waals surface area (Å²) in [5, 5.41) is 0. The molecular formula is C24H32N2O3. The van der Waals surface area contributed by atoms with E-state index in [0.29, 0.717) is 0 Å². The molecule has 0 atom stereocenters. The Labute approximate surface area is 174 Å². The maximum atomic E-state index is 6.06. The molecule has 0 amide bonds. The Morgan fingerprint density at radius 2 is 1.69 bits per heavy atom. The zero-order chi connectivity index (χ0) is 20.2. The van der Waals surface area contributed by atoms with Gasteiger partial charge in [0, 0.05) is 44.8 Å². The number of hydrogen-bond acceptors (Lipinski definition) is 5. The number of fused-ring (bicyclic) bond motifs is 1. The summed E-state index contributed by atoms with van der Waals surface area (Å²) in [7, 11) is 1.74. The van der Waals surface area contributed by atoms with Crippen molar-refractivity contribution < 1.29 is 14.2 Å². The lowest BCUT2D eigenvalue weighted by Gasteiger charge is -2.27. The van der Waals surface area contributed by atoms with Crippen LogP contribution in [0.25, 0.3) is 0 Å². The maximum absolute atomic E-state index is 6.06. The fourth-order valence-electron chi connectivity index (χ4n) is 4.23. The number of rotatable bonds is 5. The summed E-state index contributed by atoms with van der Waals surface area (Å²) in [4.78, 5) is 4.95. The standard InChI is InChI=1S/C24H32N2O3/c1-18-13-24(27-3)19(2)12-21(18)16-26-8-11-29-23-5-4-20(14-22(23)17-26)15-25-6-9-28-10-7-25/h4-5,12-14H,6-11,15-17H2,1-3H3. The Hall–Kier alpha value is -2.08. The number of methoxy groups -OCH3 is 1. The van der Waals surface area contributed by atoms with Gasteiger partial charge in [-0.3, -0.25) is 9.80 Å². The quantitative estimate of drug-likeness (QED) is 0.772. The van der Waals surface area contributed by atoms with Crippen LogP contribution in [0.1, 0.15) is 27.8 Å². The number of hydrogen-bond donors (Lipinski definition) is 0. The molecule has 1 fully saturated rings. The van der Waals surface area contributed by atoms with E-state index >= 15 is 0 Å². The molecule has 2 aliphatic heterocycles. The van der Waals surface area contributed by atoms with E-state index < -0.39 is 0 Å². The van der Waals surface area contributed by atoms with Gasteiger partial charge >= 0.3 is 0 Å². The van der Waals surface area contributed by atoms with E-state index in [4.69, 9.17) is 14.2 Å². The first-order chi connectivity index (χ1) is 14.1. The van der Waals surface area contributed by atoms with Gasteiger partial charge in [0.25, 0.3) is 0 Å². The molecule has 156 valence electrons. The lowest BCUT2D eigenvalue weighted by Crippen LogP contribution is -2.35. The minimum atomic E-state index is 0.726. The smallest absolute Gasteiger partial charge is 0.123 e. The first-order valence-corrected chi connectivity index (χ1v) is 10.5. The molecular weight excluding hydrogens is 364 g/mol. The van der Waals surface area contributed by atoms with Crippen molar-refractivity contribution in [2.24, 2.45) is 0 Å². The number of morpholine rings is 1. The van der Waals surface area contributed by atoms with Crippen LogP contribution < -0.4 is 9.47 Å². The molecule has 2 aromatic rings. The summed E-state index contributed by atoms with van der Waals surface area (Å²) in [6.45, 7) is 12.4. The largest absolute Gasteiger partial charge is 0.496 e. The molecule has 0 bridgehead atoms. The van der Waals surface area contributed by atoms with Crippen LogP contribution in [0, 0.1) is 13.8 Å². The van der Waals surface area contributed by atoms with E-state index in [1.807, 2.05) is 0 Å². The van der Waals surface area contributed by atoms with Crippen molar-refractivity contribution in [3.63, 3.8) is 0 Å². The lowest BCUT2D eigenvalue weighted by atomic mass is 10.0. The van der Waals surface area contributed by atoms with E-state index in [1.165, 1.54) is 27.8 Å². The molecule has 0 radical (unpaired) electrons. The van der Waals surface area contributed by atoms with Crippen molar-refractivity contribution in [1.82, 2.24) is 9.80 Å². The highest BCUT2D eigenvalue weighted by Crippen LogP contribution is 2.28. The molecule has 0 spiro atoms. The van der Waals surface area contributed by atoms with Crippen LogP contribution in [-0.2, 0) is 24.4 Å². The highest BCUT2D eigenvalue weighted by molar-refractivity contribution is 5.42. The second kappa shape index (κ2) is 9.16. The van der Waals surface area contributed by atoms with Gasteiger partial charge in [0.2, 0.25) is 0 Å². The lowest BCUT2D eigenvalue weighted by molar-refractivity contribution is 0.0342. The van der Waals surface area contributed by atoms with E-state index in [-0.39, 0.29) is 0 Å². The molecule has 0 aliphatic carbocycles. The fraction of sp³-hybridized carbons (Fsp3) is 0.500. The number of benzene rings is 2. The first-order valence-electron chi connectivity index (χ1n) is 10.5. The molecule has 5 heteroatoms. The zero-order valence-corrected chi connectivity index (χ0v) is 17.9. The monoisotopic (exact) mass is 396 g/mol. The van der Waals surface area contributed by atoms with Gasteiger partial charge in [0.15, 0.2) is 0 Å². The Balaban J connectivity index is 1.48. The van der Waals surface area contributed by atoms with Crippen LogP contribution in [0.15, 0.2) is 30.3 Å². The van der Waals surface area contributed by atoms with E-state index in [0.717, 1.165) is 70.6 Å². The van der Waals surface area contributed by atoms with E-state index in [9.17, 15) is 0 Å². The summed E-state index contributed by atoms with van der Waals surface area (Å²) in [5.74, 6) is 1.99. The van der Waals surface area contributed by atoms with Crippen molar-refractivity contribution in [2.45, 2.75) is 33.5 Å². The Bertz CT molecular complexity index is 846. The van der Waals surface area contributed by atoms with Crippen molar-refractivity contribution >= 4 is 0 Å². The maximum Gasteiger partial charge on any atom is 0.123 e. The second-order valence-electron chi connectivity index (χ2n) is 8.14. The topological polar surface area (TPSA) is 34.2 Å². The molecule has 29 heavy (non-hydrogen) atoms. The average molecular weight is 397 g/mol. The SMILES string of the molecule is COc1cc(C)c(CN2CCOc3ccc(CN4CCOCC4)cc3C2)cc1C. The molecule has 1 saturated heterocycles. The molecule has 0 saturated carbocycles. The van der Waals surface area contributed by atoms with E-state index in [2.05, 4.69) is 54.0 Å². The first kappa shape index (κ1) is 20.2. The van der Waals surface area contributed by atoms with Crippen LogP contribution in [0.2, 0.25) is 0 Å². The van der Waals surface area contributed by atoms with Crippen LogP contribution in [-0.4, -0.2) is 56.4 Å². The number of ether oxygens (including phenoxy) is 3. The molecule has 0 aromatic heterocycles. The predicted molar refractivity (Wildman–Crippen MR) is 115 cm³/mol. The molecule has 0 N–H and O–H groups in total. The van der Waals surface area contributed by atoms with Crippen molar-refractivity contribution in [2.75, 3.05) is 46.6 Å². The van der Waals surface area contributed by atoms with Gasteiger partial charge < -0.3 is 14.2 Å². The fourth-order valence-corrected chi connectivity index (χ4v) is 4.23. The summed E-state index contributed by atoms with van der Waals surface area (Å²) in [5.41, 5.74) is 6.46. The van der Waals surface area contributed by atoms with Gasteiger partial charge in [-0.15, -0.1) is 0 Å². The van der Waals surface area contributed by atoms with Gasteiger partial charge in [-0.05, 0) is 54.3 Å². The van der Waals surface area contributed by atoms with Crippen molar-refractivity contribution in [3.05, 3.63) is 58.1 Å². The third-order valence-corrected chi connectivity index (χ3v) is 5.94. The molecule has 5 nitrogen and oxygen atoms in total. The highest BCUT2D eigenvalue weighted by Gasteiger charge is 2.18. The van der Waals surface area contributed by atoms with Crippen molar-refractivity contribution in [3.8, 4) is 11.5 Å². The third kappa shape index (κ3) is 4.92. The van der Waals surface area contributed by atoms with Gasteiger partial charge in [0.05, 0.1) is 20.3 Å². The van der Waals surface area contributed by atoms with Crippen LogP contribution in [0.4, 0.5) is 0 Å². The van der Waals surface area contributed by atoms with Crippen LogP contribution in [0.3, 0.4) is 0 Å². The number of nitrogens with zero attached hydrogens (tertiary/aromatic N) is 2. The Morgan fingerprint density at radius 1 is 0.897 bits per heavy atom. The molecule has 4 rings (SSSR count). The van der Waals surface area contributed by atoms with Crippen LogP contribution in [0.5, 0.6) is 11.5 Å². The Morgan fingerprint density at radius 3 is 2.48 bits per heavy atom. The Kier molecular flexibility index (Phi) is 6.38. The molecule has 0 unspecified atom stereocenters. The van der Waals surface area contributed by atoms with Crippen molar-refractivity contribution in [1.29, 1.82) is 0 Å². The zero-order valence-electron chi connectivity index (χ0n) is 17.9. The average Bonchev–Trinajstić information content (AvgIpc) is 2.92. The molecule has 2 aliphatic rings. The predicted octanol–water partition coefficient (Wildman–Crippen LogP) is 3.54. The minimum Gasteiger partial charge on any atom is -0.496 e. The highest BCUT2D eigenvalue weighted by atomic mass is 16.5. The van der Waals surface area contributed by atoms with Gasteiger partial charge in [-0.25, -0.2) is 0 Å². The minimum absolute atomic E-state index is 0.726. The molecule has 2 aromatic carbocycles. The molecule has 2 heterocycles. The summed E-state index contributed by atoms with van der Waals surface area (Å²) < 4.78 is 17.0. The third-order valence-electron chi connectivity index (χ3n) is 5.94. The number of aryl methyl sites for hydroxylation is 2. The summed E-state index contributed by atoms with van der Waals surface area (Å²) in [6, 6.07) is 11.1.